The van der Waals surface area contributed by atoms with Crippen LogP contribution in [0, 0.1) is 0 Å². The van der Waals surface area contributed by atoms with E-state index in [0.29, 0.717) is 29.1 Å². The van der Waals surface area contributed by atoms with Crippen molar-refractivity contribution in [2.45, 2.75) is 6.92 Å². The number of nitrogens with one attached hydrogen (secondary N) is 1. The van der Waals surface area contributed by atoms with E-state index >= 15 is 0 Å². The van der Waals surface area contributed by atoms with Crippen molar-refractivity contribution in [1.29, 1.82) is 0 Å². The molecule has 5 nitrogen and oxygen atoms in total. The van der Waals surface area contributed by atoms with Crippen LogP contribution in [0.3, 0.4) is 0 Å². The summed E-state index contributed by atoms with van der Waals surface area (Å²) in [6, 6.07) is 5.58. The number of carbonyl (C=O) groups excluding carboxylic acids is 1. The van der Waals surface area contributed by atoms with Gasteiger partial charge in [-0.15, -0.1) is 0 Å². The number of nitrogens with zero attached hydrogens (tertiary/aromatic N) is 1. The van der Waals surface area contributed by atoms with Crippen LogP contribution < -0.4 is 10.1 Å². The maximum Gasteiger partial charge on any atom is 0.341 e. The summed E-state index contributed by atoms with van der Waals surface area (Å²) in [6.45, 7) is 2.10. The van der Waals surface area contributed by atoms with Crippen LogP contribution in [0.2, 0.25) is 0 Å². The van der Waals surface area contributed by atoms with E-state index in [9.17, 15) is 4.79 Å². The molecule has 0 radical (unpaired) electrons. The van der Waals surface area contributed by atoms with Crippen LogP contribution in [0.5, 0.6) is 5.75 Å². The lowest BCUT2D eigenvalue weighted by Crippen LogP contribution is -2.09. The van der Waals surface area contributed by atoms with Crippen LogP contribution in [0.1, 0.15) is 17.3 Å². The van der Waals surface area contributed by atoms with Crippen molar-refractivity contribution in [2.75, 3.05) is 26.1 Å². The topological polar surface area (TPSA) is 60.5 Å². The van der Waals surface area contributed by atoms with Gasteiger partial charge >= 0.3 is 5.97 Å². The summed E-state index contributed by atoms with van der Waals surface area (Å²) in [7, 11) is 3.35. The second-order valence-corrected chi connectivity index (χ2v) is 3.87. The van der Waals surface area contributed by atoms with Gasteiger partial charge in [0.05, 0.1) is 19.4 Å². The molecule has 19 heavy (non-hydrogen) atoms. The number of esters is 1. The highest BCUT2D eigenvalue weighted by atomic mass is 16.5. The van der Waals surface area contributed by atoms with Gasteiger partial charge in [0.15, 0.2) is 0 Å². The number of hydrogen-bond acceptors (Lipinski definition) is 5. The summed E-state index contributed by atoms with van der Waals surface area (Å²) < 4.78 is 10.3. The molecule has 0 aliphatic heterocycles. The lowest BCUT2D eigenvalue weighted by molar-refractivity contribution is 0.0527. The lowest BCUT2D eigenvalue weighted by Gasteiger charge is -2.12. The van der Waals surface area contributed by atoms with Gasteiger partial charge in [-0.1, -0.05) is 12.1 Å². The van der Waals surface area contributed by atoms with Crippen LogP contribution in [-0.2, 0) is 4.74 Å². The molecule has 0 saturated heterocycles. The number of hydrogen-bond donors (Lipinski definition) is 1. The van der Waals surface area contributed by atoms with Crippen molar-refractivity contribution in [2.24, 2.45) is 0 Å². The van der Waals surface area contributed by atoms with Gasteiger partial charge in [0.2, 0.25) is 0 Å². The summed E-state index contributed by atoms with van der Waals surface area (Å²) in [5.41, 5.74) is 1.83. The second kappa shape index (κ2) is 5.56. The first-order valence-electron chi connectivity index (χ1n) is 6.03. The van der Waals surface area contributed by atoms with Gasteiger partial charge in [-0.25, -0.2) is 4.79 Å². The standard InChI is InChI=1S/C14H16N2O3/c1-4-19-14(17)10-8-16-13-9(12(10)15-2)6-5-7-11(13)18-3/h5-8H,4H2,1-3H3,(H,15,16). The van der Waals surface area contributed by atoms with E-state index < -0.39 is 0 Å². The Morgan fingerprint density at radius 3 is 2.84 bits per heavy atom. The largest absolute Gasteiger partial charge is 0.494 e. The van der Waals surface area contributed by atoms with Crippen LogP contribution in [0.4, 0.5) is 5.69 Å². The zero-order chi connectivity index (χ0) is 13.8. The third kappa shape index (κ3) is 2.31. The third-order valence-corrected chi connectivity index (χ3v) is 2.83. The first-order valence-corrected chi connectivity index (χ1v) is 6.03. The van der Waals surface area contributed by atoms with Crippen LogP contribution >= 0.6 is 0 Å². The van der Waals surface area contributed by atoms with Crippen molar-refractivity contribution in [1.82, 2.24) is 4.98 Å². The molecule has 0 saturated carbocycles. The predicted molar refractivity (Wildman–Crippen MR) is 73.8 cm³/mol. The maximum absolute atomic E-state index is 11.9. The predicted octanol–water partition coefficient (Wildman–Crippen LogP) is 2.46. The average molecular weight is 260 g/mol. The Bertz CT molecular complexity index is 611. The van der Waals surface area contributed by atoms with Gasteiger partial charge in [-0.3, -0.25) is 4.98 Å². The molecule has 1 N–H and O–H groups in total. The minimum Gasteiger partial charge on any atom is -0.494 e. The molecular formula is C14H16N2O3. The van der Waals surface area contributed by atoms with Crippen LogP contribution in [0.15, 0.2) is 24.4 Å². The SMILES string of the molecule is CCOC(=O)c1cnc2c(OC)cccc2c1NC. The molecule has 100 valence electrons. The molecule has 0 atom stereocenters. The van der Waals surface area contributed by atoms with Gasteiger partial charge in [0.25, 0.3) is 0 Å². The summed E-state index contributed by atoms with van der Waals surface area (Å²) in [5.74, 6) is 0.286. The molecule has 1 heterocycles. The number of methoxy groups -OCH3 is 1. The normalized spacial score (nSPS) is 10.3. The molecule has 0 aliphatic carbocycles. The number of para-hydroxylation sites is 1. The smallest absolute Gasteiger partial charge is 0.341 e. The first kappa shape index (κ1) is 13.1. The van der Waals surface area contributed by atoms with E-state index in [-0.39, 0.29) is 5.97 Å². The fourth-order valence-electron chi connectivity index (χ4n) is 1.99. The minimum atomic E-state index is -0.385. The van der Waals surface area contributed by atoms with Gasteiger partial charge in [-0.2, -0.15) is 0 Å². The lowest BCUT2D eigenvalue weighted by atomic mass is 10.1. The quantitative estimate of drug-likeness (QED) is 0.856. The molecule has 1 aromatic carbocycles. The van der Waals surface area contributed by atoms with E-state index in [2.05, 4.69) is 10.3 Å². The van der Waals surface area contributed by atoms with E-state index in [1.54, 1.807) is 21.1 Å². The van der Waals surface area contributed by atoms with Crippen molar-refractivity contribution < 1.29 is 14.3 Å². The number of carbonyl (C=O) groups is 1. The number of rotatable bonds is 4. The van der Waals surface area contributed by atoms with E-state index in [4.69, 9.17) is 9.47 Å². The fraction of sp³-hybridized carbons (Fsp3) is 0.286. The highest BCUT2D eigenvalue weighted by Crippen LogP contribution is 2.31. The molecule has 0 spiro atoms. The molecule has 1 aromatic heterocycles. The van der Waals surface area contributed by atoms with Crippen molar-refractivity contribution in [3.63, 3.8) is 0 Å². The van der Waals surface area contributed by atoms with Crippen LogP contribution in [-0.4, -0.2) is 31.7 Å². The third-order valence-electron chi connectivity index (χ3n) is 2.83. The van der Waals surface area contributed by atoms with E-state index in [0.717, 1.165) is 5.39 Å². The van der Waals surface area contributed by atoms with Gasteiger partial charge in [0.1, 0.15) is 16.8 Å². The molecule has 0 fully saturated rings. The average Bonchev–Trinajstić information content (AvgIpc) is 2.45. The molecule has 2 rings (SSSR count). The molecule has 0 unspecified atom stereocenters. The van der Waals surface area contributed by atoms with Crippen LogP contribution in [0.25, 0.3) is 10.9 Å². The Labute approximate surface area is 111 Å². The number of benzene rings is 1. The number of pyridine rings is 1. The highest BCUT2D eigenvalue weighted by Gasteiger charge is 2.16. The first-order chi connectivity index (χ1) is 9.22. The van der Waals surface area contributed by atoms with E-state index in [1.165, 1.54) is 6.20 Å². The Morgan fingerprint density at radius 2 is 2.21 bits per heavy atom. The monoisotopic (exact) mass is 260 g/mol. The maximum atomic E-state index is 11.9. The number of aromatic nitrogens is 1. The molecular weight excluding hydrogens is 244 g/mol. The second-order valence-electron chi connectivity index (χ2n) is 3.87. The summed E-state index contributed by atoms with van der Waals surface area (Å²) in [4.78, 5) is 16.2. The Balaban J connectivity index is 2.66. The number of anilines is 1. The summed E-state index contributed by atoms with van der Waals surface area (Å²) in [6.07, 6.45) is 1.51. The minimum absolute atomic E-state index is 0.331. The van der Waals surface area contributed by atoms with E-state index in [1.807, 2.05) is 18.2 Å². The molecule has 0 bridgehead atoms. The Hall–Kier alpha value is -2.30. The van der Waals surface area contributed by atoms with Gasteiger partial charge in [0, 0.05) is 18.6 Å². The Morgan fingerprint density at radius 1 is 1.42 bits per heavy atom. The molecule has 0 aliphatic rings. The molecule has 0 amide bonds. The highest BCUT2D eigenvalue weighted by molar-refractivity contribution is 6.06. The molecule has 5 heteroatoms. The van der Waals surface area contributed by atoms with Crippen molar-refractivity contribution in [3.8, 4) is 5.75 Å². The number of ether oxygens (including phenoxy) is 2. The van der Waals surface area contributed by atoms with Gasteiger partial charge < -0.3 is 14.8 Å². The van der Waals surface area contributed by atoms with Gasteiger partial charge in [-0.05, 0) is 13.0 Å². The van der Waals surface area contributed by atoms with Crippen molar-refractivity contribution >= 4 is 22.6 Å². The summed E-state index contributed by atoms with van der Waals surface area (Å²) >= 11 is 0. The summed E-state index contributed by atoms with van der Waals surface area (Å²) in [5, 5.41) is 3.86. The molecule has 2 aromatic rings. The van der Waals surface area contributed by atoms with Crippen molar-refractivity contribution in [3.05, 3.63) is 30.0 Å². The number of fused-ring (bicyclic) bond motifs is 1. The zero-order valence-corrected chi connectivity index (χ0v) is 11.2. The fourth-order valence-corrected chi connectivity index (χ4v) is 1.99. The Kier molecular flexibility index (Phi) is 3.85. The zero-order valence-electron chi connectivity index (χ0n) is 11.2.